The summed E-state index contributed by atoms with van der Waals surface area (Å²) in [5.74, 6) is -0.180. The molecule has 3 nitrogen and oxygen atoms in total. The highest BCUT2D eigenvalue weighted by Gasteiger charge is 2.13. The fourth-order valence-corrected chi connectivity index (χ4v) is 1.50. The van der Waals surface area contributed by atoms with E-state index in [1.165, 1.54) is 5.56 Å². The van der Waals surface area contributed by atoms with Crippen molar-refractivity contribution < 1.29 is 14.6 Å². The van der Waals surface area contributed by atoms with Crippen LogP contribution >= 0.6 is 0 Å². The lowest BCUT2D eigenvalue weighted by atomic mass is 9.87. The molecule has 0 aliphatic rings. The molecule has 1 rings (SSSR count). The Labute approximate surface area is 108 Å². The molecule has 0 saturated heterocycles. The predicted molar refractivity (Wildman–Crippen MR) is 72.0 cm³/mol. The second-order valence-electron chi connectivity index (χ2n) is 5.40. The largest absolute Gasteiger partial charge is 0.489 e. The standard InChI is InChI=1S/C15H20O3/c1-11(8-14(16)17)10-18-13-7-5-6-12(9-13)15(2,3)4/h5-9H,10H2,1-4H3,(H,16,17)/b11-8+. The Kier molecular flexibility index (Phi) is 4.54. The number of aliphatic carboxylic acids is 1. The quantitative estimate of drug-likeness (QED) is 0.831. The van der Waals surface area contributed by atoms with Crippen molar-refractivity contribution in [2.45, 2.75) is 33.1 Å². The molecule has 18 heavy (non-hydrogen) atoms. The maximum Gasteiger partial charge on any atom is 0.328 e. The van der Waals surface area contributed by atoms with Crippen molar-refractivity contribution in [3.05, 3.63) is 41.5 Å². The van der Waals surface area contributed by atoms with Crippen LogP contribution in [0.3, 0.4) is 0 Å². The van der Waals surface area contributed by atoms with E-state index in [4.69, 9.17) is 9.84 Å². The molecule has 0 atom stereocenters. The van der Waals surface area contributed by atoms with Gasteiger partial charge >= 0.3 is 5.97 Å². The molecule has 0 heterocycles. The second kappa shape index (κ2) is 5.71. The SMILES string of the molecule is C/C(=C\C(=O)O)COc1cccc(C(C)(C)C)c1. The molecular weight excluding hydrogens is 228 g/mol. The minimum absolute atomic E-state index is 0.0747. The summed E-state index contributed by atoms with van der Waals surface area (Å²) in [6, 6.07) is 7.89. The normalized spacial score (nSPS) is 12.3. The smallest absolute Gasteiger partial charge is 0.328 e. The van der Waals surface area contributed by atoms with E-state index in [1.807, 2.05) is 18.2 Å². The first-order valence-corrected chi connectivity index (χ1v) is 5.92. The molecule has 0 fully saturated rings. The van der Waals surface area contributed by atoms with Crippen LogP contribution < -0.4 is 4.74 Å². The van der Waals surface area contributed by atoms with Crippen LogP contribution in [-0.2, 0) is 10.2 Å². The summed E-state index contributed by atoms with van der Waals surface area (Å²) in [5, 5.41) is 8.60. The second-order valence-corrected chi connectivity index (χ2v) is 5.40. The average Bonchev–Trinajstić information content (AvgIpc) is 2.25. The fraction of sp³-hybridized carbons (Fsp3) is 0.400. The summed E-state index contributed by atoms with van der Waals surface area (Å²) in [4.78, 5) is 10.5. The van der Waals surface area contributed by atoms with Gasteiger partial charge in [0.1, 0.15) is 12.4 Å². The van der Waals surface area contributed by atoms with Gasteiger partial charge in [0.25, 0.3) is 0 Å². The van der Waals surface area contributed by atoms with Gasteiger partial charge in [-0.1, -0.05) is 32.9 Å². The van der Waals surface area contributed by atoms with E-state index in [2.05, 4.69) is 26.8 Å². The maximum atomic E-state index is 10.5. The molecule has 0 radical (unpaired) electrons. The summed E-state index contributed by atoms with van der Waals surface area (Å²) >= 11 is 0. The van der Waals surface area contributed by atoms with E-state index < -0.39 is 5.97 Å². The highest BCUT2D eigenvalue weighted by atomic mass is 16.5. The van der Waals surface area contributed by atoms with Gasteiger partial charge in [-0.05, 0) is 35.6 Å². The van der Waals surface area contributed by atoms with Crippen LogP contribution in [0.1, 0.15) is 33.3 Å². The van der Waals surface area contributed by atoms with E-state index in [0.29, 0.717) is 12.2 Å². The van der Waals surface area contributed by atoms with E-state index in [9.17, 15) is 4.79 Å². The lowest BCUT2D eigenvalue weighted by molar-refractivity contribution is -0.131. The lowest BCUT2D eigenvalue weighted by Gasteiger charge is -2.19. The molecule has 0 aliphatic carbocycles. The predicted octanol–water partition coefficient (Wildman–Crippen LogP) is 3.39. The van der Waals surface area contributed by atoms with Gasteiger partial charge in [-0.15, -0.1) is 0 Å². The molecule has 1 aromatic rings. The lowest BCUT2D eigenvalue weighted by Crippen LogP contribution is -2.11. The number of ether oxygens (including phenoxy) is 1. The van der Waals surface area contributed by atoms with Crippen LogP contribution in [0, 0.1) is 0 Å². The highest BCUT2D eigenvalue weighted by molar-refractivity contribution is 5.80. The van der Waals surface area contributed by atoms with Gasteiger partial charge in [-0.3, -0.25) is 0 Å². The van der Waals surface area contributed by atoms with Crippen LogP contribution in [0.2, 0.25) is 0 Å². The minimum Gasteiger partial charge on any atom is -0.489 e. The van der Waals surface area contributed by atoms with Gasteiger partial charge in [-0.2, -0.15) is 0 Å². The Morgan fingerprint density at radius 1 is 1.39 bits per heavy atom. The molecule has 3 heteroatoms. The third-order valence-corrected chi connectivity index (χ3v) is 2.54. The maximum absolute atomic E-state index is 10.5. The molecule has 0 bridgehead atoms. The van der Waals surface area contributed by atoms with Crippen molar-refractivity contribution in [1.82, 2.24) is 0 Å². The Morgan fingerprint density at radius 3 is 2.61 bits per heavy atom. The Morgan fingerprint density at radius 2 is 2.06 bits per heavy atom. The summed E-state index contributed by atoms with van der Waals surface area (Å²) in [7, 11) is 0. The monoisotopic (exact) mass is 248 g/mol. The third-order valence-electron chi connectivity index (χ3n) is 2.54. The Hall–Kier alpha value is -1.77. The molecule has 0 aliphatic heterocycles. The number of rotatable bonds is 4. The zero-order chi connectivity index (χ0) is 13.8. The first-order valence-electron chi connectivity index (χ1n) is 5.92. The number of benzene rings is 1. The molecule has 0 unspecified atom stereocenters. The minimum atomic E-state index is -0.945. The first kappa shape index (κ1) is 14.3. The highest BCUT2D eigenvalue weighted by Crippen LogP contribution is 2.25. The van der Waals surface area contributed by atoms with Crippen LogP contribution in [0.25, 0.3) is 0 Å². The zero-order valence-corrected chi connectivity index (χ0v) is 11.4. The van der Waals surface area contributed by atoms with Crippen molar-refractivity contribution in [3.8, 4) is 5.75 Å². The van der Waals surface area contributed by atoms with Crippen molar-refractivity contribution in [1.29, 1.82) is 0 Å². The molecule has 1 N–H and O–H groups in total. The zero-order valence-electron chi connectivity index (χ0n) is 11.4. The number of hydrogen-bond acceptors (Lipinski definition) is 2. The number of carboxylic acids is 1. The molecular formula is C15H20O3. The van der Waals surface area contributed by atoms with Gasteiger partial charge in [0, 0.05) is 6.08 Å². The molecule has 0 amide bonds. The van der Waals surface area contributed by atoms with Gasteiger partial charge in [0.15, 0.2) is 0 Å². The van der Waals surface area contributed by atoms with E-state index in [0.717, 1.165) is 11.8 Å². The summed E-state index contributed by atoms with van der Waals surface area (Å²) in [6.07, 6.45) is 1.16. The van der Waals surface area contributed by atoms with Crippen LogP contribution in [0.15, 0.2) is 35.9 Å². The van der Waals surface area contributed by atoms with E-state index in [1.54, 1.807) is 6.92 Å². The Balaban J connectivity index is 2.72. The average molecular weight is 248 g/mol. The summed E-state index contributed by atoms with van der Waals surface area (Å²) in [5.41, 5.74) is 1.95. The van der Waals surface area contributed by atoms with Crippen molar-refractivity contribution in [2.75, 3.05) is 6.61 Å². The molecule has 0 spiro atoms. The number of hydrogen-bond donors (Lipinski definition) is 1. The van der Waals surface area contributed by atoms with Crippen LogP contribution in [0.5, 0.6) is 5.75 Å². The summed E-state index contributed by atoms with van der Waals surface area (Å²) in [6.45, 7) is 8.45. The van der Waals surface area contributed by atoms with Gasteiger partial charge in [0.2, 0.25) is 0 Å². The summed E-state index contributed by atoms with van der Waals surface area (Å²) < 4.78 is 5.57. The van der Waals surface area contributed by atoms with Crippen molar-refractivity contribution in [2.24, 2.45) is 0 Å². The fourth-order valence-electron chi connectivity index (χ4n) is 1.50. The van der Waals surface area contributed by atoms with Crippen LogP contribution in [-0.4, -0.2) is 17.7 Å². The topological polar surface area (TPSA) is 46.5 Å². The number of carboxylic acid groups (broad SMARTS) is 1. The van der Waals surface area contributed by atoms with Gasteiger partial charge in [-0.25, -0.2) is 4.79 Å². The van der Waals surface area contributed by atoms with Gasteiger partial charge in [0.05, 0.1) is 0 Å². The molecule has 0 aromatic heterocycles. The van der Waals surface area contributed by atoms with Gasteiger partial charge < -0.3 is 9.84 Å². The molecule has 0 saturated carbocycles. The molecule has 1 aromatic carbocycles. The Bertz CT molecular complexity index is 453. The first-order chi connectivity index (χ1) is 8.29. The van der Waals surface area contributed by atoms with E-state index in [-0.39, 0.29) is 5.41 Å². The third kappa shape index (κ3) is 4.62. The van der Waals surface area contributed by atoms with Crippen molar-refractivity contribution >= 4 is 5.97 Å². The van der Waals surface area contributed by atoms with Crippen molar-refractivity contribution in [3.63, 3.8) is 0 Å². The van der Waals surface area contributed by atoms with Crippen LogP contribution in [0.4, 0.5) is 0 Å². The number of carbonyl (C=O) groups is 1. The molecule has 98 valence electrons. The van der Waals surface area contributed by atoms with E-state index >= 15 is 0 Å².